The standard InChI is InChI=1S/C19H21NO2/c1-3-20(4-2)19(21)16-12-10-15(11-13-16)18-17(22-18)14-8-6-5-7-9-14/h5-13,17-18H,3-4H2,1-2H3/t17-,18-/m0/s1/i17D. The van der Waals surface area contributed by atoms with Gasteiger partial charge >= 0.3 is 0 Å². The molecule has 3 rings (SSSR count). The molecule has 114 valence electrons. The maximum Gasteiger partial charge on any atom is 0.253 e. The van der Waals surface area contributed by atoms with E-state index in [1.165, 1.54) is 0 Å². The third-order valence-corrected chi connectivity index (χ3v) is 4.00. The topological polar surface area (TPSA) is 32.8 Å². The predicted molar refractivity (Wildman–Crippen MR) is 86.7 cm³/mol. The summed E-state index contributed by atoms with van der Waals surface area (Å²) in [5, 5.41) is 0. The highest BCUT2D eigenvalue weighted by atomic mass is 16.6. The molecule has 1 heterocycles. The summed E-state index contributed by atoms with van der Waals surface area (Å²) in [6.45, 7) is 5.35. The number of rotatable bonds is 5. The fourth-order valence-electron chi connectivity index (χ4n) is 2.63. The van der Waals surface area contributed by atoms with Crippen molar-refractivity contribution in [3.8, 4) is 0 Å². The van der Waals surface area contributed by atoms with Crippen LogP contribution in [0, 0.1) is 0 Å². The Bertz CT molecular complexity index is 682. The van der Waals surface area contributed by atoms with E-state index in [2.05, 4.69) is 0 Å². The molecular formula is C19H21NO2. The average Bonchev–Trinajstić information content (AvgIpc) is 3.30. The molecule has 0 aromatic heterocycles. The first-order valence-corrected chi connectivity index (χ1v) is 7.72. The van der Waals surface area contributed by atoms with Crippen molar-refractivity contribution in [3.05, 3.63) is 71.3 Å². The monoisotopic (exact) mass is 296 g/mol. The van der Waals surface area contributed by atoms with Crippen LogP contribution >= 0.6 is 0 Å². The summed E-state index contributed by atoms with van der Waals surface area (Å²) in [6.07, 6.45) is -1.28. The molecule has 1 aliphatic rings. The Labute approximate surface area is 132 Å². The highest BCUT2D eigenvalue weighted by molar-refractivity contribution is 5.94. The van der Waals surface area contributed by atoms with Crippen LogP contribution in [0.1, 0.15) is 48.9 Å². The number of hydrogen-bond donors (Lipinski definition) is 0. The molecule has 22 heavy (non-hydrogen) atoms. The Morgan fingerprint density at radius 2 is 1.68 bits per heavy atom. The molecule has 0 aliphatic carbocycles. The fourth-order valence-corrected chi connectivity index (χ4v) is 2.63. The van der Waals surface area contributed by atoms with Crippen LogP contribution in [0.15, 0.2) is 54.6 Å². The van der Waals surface area contributed by atoms with Crippen LogP contribution in [0.4, 0.5) is 0 Å². The minimum Gasteiger partial charge on any atom is -0.359 e. The summed E-state index contributed by atoms with van der Waals surface area (Å²) in [4.78, 5) is 14.1. The van der Waals surface area contributed by atoms with Gasteiger partial charge in [-0.25, -0.2) is 0 Å². The number of carbonyl (C=O) groups excluding carboxylic acids is 1. The van der Waals surface area contributed by atoms with Crippen LogP contribution < -0.4 is 0 Å². The zero-order valence-corrected chi connectivity index (χ0v) is 13.0. The summed E-state index contributed by atoms with van der Waals surface area (Å²) in [6, 6.07) is 17.0. The van der Waals surface area contributed by atoms with Gasteiger partial charge in [-0.1, -0.05) is 42.5 Å². The largest absolute Gasteiger partial charge is 0.359 e. The zero-order chi connectivity index (χ0) is 16.4. The maximum atomic E-state index is 12.3. The minimum absolute atomic E-state index is 0.0402. The van der Waals surface area contributed by atoms with Gasteiger partial charge in [0.25, 0.3) is 5.91 Å². The molecule has 2 aromatic carbocycles. The van der Waals surface area contributed by atoms with Crippen molar-refractivity contribution < 1.29 is 10.9 Å². The summed E-state index contributed by atoms with van der Waals surface area (Å²) < 4.78 is 14.1. The van der Waals surface area contributed by atoms with E-state index < -0.39 is 6.08 Å². The first-order chi connectivity index (χ1) is 11.1. The smallest absolute Gasteiger partial charge is 0.253 e. The molecule has 2 atom stereocenters. The molecule has 3 heteroatoms. The van der Waals surface area contributed by atoms with Crippen LogP contribution in [0.25, 0.3) is 0 Å². The lowest BCUT2D eigenvalue weighted by molar-refractivity contribution is 0.0773. The van der Waals surface area contributed by atoms with Crippen molar-refractivity contribution in [2.45, 2.75) is 26.0 Å². The molecule has 0 spiro atoms. The van der Waals surface area contributed by atoms with Crippen molar-refractivity contribution in [2.75, 3.05) is 13.1 Å². The molecule has 1 amide bonds. The molecule has 1 saturated heterocycles. The molecule has 0 unspecified atom stereocenters. The number of benzene rings is 2. The molecule has 0 saturated carbocycles. The first kappa shape index (κ1) is 13.5. The highest BCUT2D eigenvalue weighted by Crippen LogP contribution is 2.50. The third-order valence-electron chi connectivity index (χ3n) is 4.00. The number of amides is 1. The predicted octanol–water partition coefficient (Wildman–Crippen LogP) is 3.98. The highest BCUT2D eigenvalue weighted by Gasteiger charge is 2.41. The van der Waals surface area contributed by atoms with E-state index in [0.29, 0.717) is 18.7 Å². The second kappa shape index (κ2) is 6.32. The van der Waals surface area contributed by atoms with E-state index in [1.807, 2.05) is 68.4 Å². The van der Waals surface area contributed by atoms with Gasteiger partial charge in [0.1, 0.15) is 12.2 Å². The Morgan fingerprint density at radius 3 is 2.27 bits per heavy atom. The van der Waals surface area contributed by atoms with Gasteiger partial charge in [0.05, 0.1) is 1.37 Å². The first-order valence-electron chi connectivity index (χ1n) is 8.22. The van der Waals surface area contributed by atoms with Crippen LogP contribution in [0.5, 0.6) is 0 Å². The molecule has 0 radical (unpaired) electrons. The van der Waals surface area contributed by atoms with Gasteiger partial charge in [0.15, 0.2) is 0 Å². The molecule has 2 aromatic rings. The van der Waals surface area contributed by atoms with E-state index in [0.717, 1.165) is 11.1 Å². The van der Waals surface area contributed by atoms with Crippen molar-refractivity contribution >= 4 is 5.91 Å². The summed E-state index contributed by atoms with van der Waals surface area (Å²) in [5.41, 5.74) is 2.46. The summed E-state index contributed by atoms with van der Waals surface area (Å²) in [5.74, 6) is 0.0402. The Kier molecular flexibility index (Phi) is 3.89. The fraction of sp³-hybridized carbons (Fsp3) is 0.316. The van der Waals surface area contributed by atoms with Gasteiger partial charge in [-0.15, -0.1) is 0 Å². The van der Waals surface area contributed by atoms with Crippen LogP contribution in [-0.2, 0) is 4.74 Å². The summed E-state index contributed by atoms with van der Waals surface area (Å²) in [7, 11) is 0. The van der Waals surface area contributed by atoms with Gasteiger partial charge in [0.2, 0.25) is 0 Å². The SMILES string of the molecule is [2H][C@@]1(c2ccccc2)O[C@H]1c1ccc(C(=O)N(CC)CC)cc1. The Morgan fingerprint density at radius 1 is 1.05 bits per heavy atom. The van der Waals surface area contributed by atoms with E-state index in [1.54, 1.807) is 4.90 Å². The van der Waals surface area contributed by atoms with Crippen LogP contribution in [-0.4, -0.2) is 23.9 Å². The molecule has 1 fully saturated rings. The number of nitrogens with zero attached hydrogens (tertiary/aromatic N) is 1. The van der Waals surface area contributed by atoms with E-state index in [9.17, 15) is 4.79 Å². The average molecular weight is 296 g/mol. The Hall–Kier alpha value is -2.13. The van der Waals surface area contributed by atoms with Gasteiger partial charge < -0.3 is 9.64 Å². The van der Waals surface area contributed by atoms with Gasteiger partial charge in [-0.05, 0) is 37.1 Å². The molecule has 1 aliphatic heterocycles. The maximum absolute atomic E-state index is 12.3. The van der Waals surface area contributed by atoms with E-state index in [-0.39, 0.29) is 12.0 Å². The van der Waals surface area contributed by atoms with Crippen LogP contribution in [0.3, 0.4) is 0 Å². The number of hydrogen-bond acceptors (Lipinski definition) is 2. The van der Waals surface area contributed by atoms with E-state index in [4.69, 9.17) is 6.11 Å². The van der Waals surface area contributed by atoms with Crippen molar-refractivity contribution in [2.24, 2.45) is 0 Å². The van der Waals surface area contributed by atoms with E-state index >= 15 is 0 Å². The number of ether oxygens (including phenoxy) is 1. The van der Waals surface area contributed by atoms with Gasteiger partial charge in [-0.2, -0.15) is 0 Å². The molecule has 0 N–H and O–H groups in total. The van der Waals surface area contributed by atoms with Crippen molar-refractivity contribution in [1.82, 2.24) is 4.90 Å². The molecule has 3 nitrogen and oxygen atoms in total. The molecular weight excluding hydrogens is 274 g/mol. The van der Waals surface area contributed by atoms with Crippen LogP contribution in [0.2, 0.25) is 0 Å². The Balaban J connectivity index is 1.76. The van der Waals surface area contributed by atoms with Gasteiger partial charge in [0, 0.05) is 18.7 Å². The van der Waals surface area contributed by atoms with Crippen molar-refractivity contribution in [1.29, 1.82) is 0 Å². The molecule has 0 bridgehead atoms. The number of epoxide rings is 1. The third kappa shape index (κ3) is 2.90. The normalized spacial score (nSPS) is 23.7. The lowest BCUT2D eigenvalue weighted by atomic mass is 10.0. The summed E-state index contributed by atoms with van der Waals surface area (Å²) >= 11 is 0. The van der Waals surface area contributed by atoms with Crippen molar-refractivity contribution in [3.63, 3.8) is 0 Å². The minimum atomic E-state index is -1.01. The zero-order valence-electron chi connectivity index (χ0n) is 14.0. The second-order valence-corrected chi connectivity index (χ2v) is 5.33. The lowest BCUT2D eigenvalue weighted by Crippen LogP contribution is -2.30. The van der Waals surface area contributed by atoms with Gasteiger partial charge in [-0.3, -0.25) is 4.79 Å². The number of carbonyl (C=O) groups is 1. The lowest BCUT2D eigenvalue weighted by Gasteiger charge is -2.18. The quantitative estimate of drug-likeness (QED) is 0.782. The second-order valence-electron chi connectivity index (χ2n) is 5.33.